The molecule has 1 N–H and O–H groups in total. The van der Waals surface area contributed by atoms with Crippen LogP contribution in [-0.2, 0) is 6.54 Å². The summed E-state index contributed by atoms with van der Waals surface area (Å²) in [7, 11) is 0. The van der Waals surface area contributed by atoms with Gasteiger partial charge in [-0.15, -0.1) is 0 Å². The molecule has 0 bridgehead atoms. The van der Waals surface area contributed by atoms with E-state index in [1.54, 1.807) is 30.5 Å². The zero-order chi connectivity index (χ0) is 22.1. The minimum atomic E-state index is -2.77. The van der Waals surface area contributed by atoms with Crippen LogP contribution in [0.4, 0.5) is 8.78 Å². The van der Waals surface area contributed by atoms with E-state index in [-0.39, 0.29) is 22.9 Å². The number of halogens is 2. The molecule has 0 aliphatic carbocycles. The number of aromatic nitrogens is 5. The van der Waals surface area contributed by atoms with E-state index in [0.717, 1.165) is 22.3 Å². The van der Waals surface area contributed by atoms with Crippen LogP contribution in [0.3, 0.4) is 0 Å². The van der Waals surface area contributed by atoms with Gasteiger partial charge >= 0.3 is 0 Å². The highest BCUT2D eigenvalue weighted by atomic mass is 19.3. The van der Waals surface area contributed by atoms with Crippen molar-refractivity contribution in [3.05, 3.63) is 71.3 Å². The number of aryl methyl sites for hydroxylation is 1. The second-order valence-electron chi connectivity index (χ2n) is 7.22. The van der Waals surface area contributed by atoms with E-state index in [1.165, 1.54) is 12.3 Å². The number of nitrogens with one attached hydrogen (secondary N) is 1. The highest BCUT2D eigenvalue weighted by molar-refractivity contribution is 6.00. The van der Waals surface area contributed by atoms with Crippen molar-refractivity contribution < 1.29 is 13.6 Å². The van der Waals surface area contributed by atoms with Gasteiger partial charge in [0.05, 0.1) is 24.1 Å². The third-order valence-electron chi connectivity index (χ3n) is 5.29. The van der Waals surface area contributed by atoms with E-state index < -0.39 is 12.3 Å². The molecule has 0 saturated carbocycles. The topological polar surface area (TPSA) is 77.1 Å². The van der Waals surface area contributed by atoms with Gasteiger partial charge < -0.3 is 5.32 Å². The molecule has 0 aliphatic rings. The van der Waals surface area contributed by atoms with Crippen molar-refractivity contribution in [1.29, 1.82) is 0 Å². The molecular weight excluding hydrogens is 402 g/mol. The van der Waals surface area contributed by atoms with Crippen LogP contribution >= 0.6 is 0 Å². The molecule has 1 unspecified atom stereocenters. The summed E-state index contributed by atoms with van der Waals surface area (Å²) in [4.78, 5) is 17.5. The first-order chi connectivity index (χ1) is 14.9. The lowest BCUT2D eigenvalue weighted by Gasteiger charge is -2.14. The third kappa shape index (κ3) is 3.78. The number of amides is 1. The second kappa shape index (κ2) is 8.25. The van der Waals surface area contributed by atoms with Crippen molar-refractivity contribution in [2.45, 2.75) is 39.8 Å². The van der Waals surface area contributed by atoms with Gasteiger partial charge in [0.2, 0.25) is 0 Å². The smallest absolute Gasteiger partial charge is 0.280 e. The first kappa shape index (κ1) is 20.6. The van der Waals surface area contributed by atoms with Crippen LogP contribution < -0.4 is 5.32 Å². The fourth-order valence-corrected chi connectivity index (χ4v) is 3.62. The van der Waals surface area contributed by atoms with Gasteiger partial charge in [0, 0.05) is 23.4 Å². The molecule has 31 heavy (non-hydrogen) atoms. The Bertz CT molecular complexity index is 1230. The number of nitrogens with zero attached hydrogens (tertiary/aromatic N) is 5. The number of carbonyl (C=O) groups is 1. The Kier molecular flexibility index (Phi) is 5.50. The number of hydrogen-bond acceptors (Lipinski definition) is 4. The fraction of sp³-hybridized carbons (Fsp3) is 0.273. The molecular formula is C22H22F2N6O. The quantitative estimate of drug-likeness (QED) is 0.499. The molecule has 3 heterocycles. The second-order valence-corrected chi connectivity index (χ2v) is 7.22. The molecule has 3 aromatic heterocycles. The van der Waals surface area contributed by atoms with Crippen molar-refractivity contribution in [3.8, 4) is 11.3 Å². The van der Waals surface area contributed by atoms with E-state index in [0.29, 0.717) is 11.3 Å². The summed E-state index contributed by atoms with van der Waals surface area (Å²) in [5.74, 6) is -0.441. The van der Waals surface area contributed by atoms with Gasteiger partial charge in [0.25, 0.3) is 12.3 Å². The van der Waals surface area contributed by atoms with Gasteiger partial charge in [-0.1, -0.05) is 30.3 Å². The maximum atomic E-state index is 13.7. The molecule has 0 spiro atoms. The Morgan fingerprint density at radius 3 is 2.55 bits per heavy atom. The largest absolute Gasteiger partial charge is 0.345 e. The Morgan fingerprint density at radius 1 is 1.16 bits per heavy atom. The van der Waals surface area contributed by atoms with Crippen LogP contribution in [-0.4, -0.2) is 30.3 Å². The average molecular weight is 424 g/mol. The van der Waals surface area contributed by atoms with E-state index >= 15 is 0 Å². The van der Waals surface area contributed by atoms with Gasteiger partial charge in [-0.3, -0.25) is 9.48 Å². The number of benzene rings is 1. The van der Waals surface area contributed by atoms with Crippen molar-refractivity contribution in [1.82, 2.24) is 29.7 Å². The normalized spacial score (nSPS) is 12.5. The minimum absolute atomic E-state index is 0.0855. The Balaban J connectivity index is 1.72. The minimum Gasteiger partial charge on any atom is -0.345 e. The lowest BCUT2D eigenvalue weighted by atomic mass is 10.1. The van der Waals surface area contributed by atoms with Crippen molar-refractivity contribution >= 4 is 11.6 Å². The summed E-state index contributed by atoms with van der Waals surface area (Å²) in [6, 6.07) is 9.96. The maximum absolute atomic E-state index is 13.7. The Morgan fingerprint density at radius 2 is 1.90 bits per heavy atom. The summed E-state index contributed by atoms with van der Waals surface area (Å²) in [6.45, 7) is 6.50. The Hall–Kier alpha value is -3.62. The SMILES string of the molecule is CCn1ncc(C(C)NC(=O)c2cnn3c(C(F)F)cc(-c4ccccc4)nc23)c1C. The Labute approximate surface area is 177 Å². The zero-order valence-electron chi connectivity index (χ0n) is 17.4. The summed E-state index contributed by atoms with van der Waals surface area (Å²) in [6.07, 6.45) is 0.221. The molecule has 0 radical (unpaired) electrons. The van der Waals surface area contributed by atoms with Crippen LogP contribution in [0.1, 0.15) is 53.6 Å². The maximum Gasteiger partial charge on any atom is 0.280 e. The fourth-order valence-electron chi connectivity index (χ4n) is 3.62. The monoisotopic (exact) mass is 424 g/mol. The molecule has 4 aromatic rings. The van der Waals surface area contributed by atoms with E-state index in [1.807, 2.05) is 31.5 Å². The van der Waals surface area contributed by atoms with Crippen molar-refractivity contribution in [3.63, 3.8) is 0 Å². The number of fused-ring (bicyclic) bond motifs is 1. The zero-order valence-corrected chi connectivity index (χ0v) is 17.4. The van der Waals surface area contributed by atoms with Gasteiger partial charge in [-0.2, -0.15) is 10.2 Å². The number of carbonyl (C=O) groups excluding carboxylic acids is 1. The van der Waals surface area contributed by atoms with Crippen LogP contribution in [0.25, 0.3) is 16.9 Å². The standard InChI is InChI=1S/C22H22F2N6O/c1-4-29-14(3)16(11-25-29)13(2)27-22(31)17-12-26-30-19(20(23)24)10-18(28-21(17)30)15-8-6-5-7-9-15/h5-13,20H,4H2,1-3H3,(H,27,31). The molecule has 0 fully saturated rings. The summed E-state index contributed by atoms with van der Waals surface area (Å²) in [5, 5.41) is 11.2. The molecule has 0 saturated heterocycles. The van der Waals surface area contributed by atoms with E-state index in [4.69, 9.17) is 0 Å². The molecule has 0 aliphatic heterocycles. The third-order valence-corrected chi connectivity index (χ3v) is 5.29. The molecule has 7 nitrogen and oxygen atoms in total. The average Bonchev–Trinajstić information content (AvgIpc) is 3.36. The van der Waals surface area contributed by atoms with Crippen molar-refractivity contribution in [2.24, 2.45) is 0 Å². The first-order valence-corrected chi connectivity index (χ1v) is 9.96. The highest BCUT2D eigenvalue weighted by Crippen LogP contribution is 2.27. The van der Waals surface area contributed by atoms with Gasteiger partial charge in [0.15, 0.2) is 5.65 Å². The lowest BCUT2D eigenvalue weighted by molar-refractivity contribution is 0.0941. The molecule has 1 atom stereocenters. The van der Waals surface area contributed by atoms with Crippen molar-refractivity contribution in [2.75, 3.05) is 0 Å². The molecule has 160 valence electrons. The van der Waals surface area contributed by atoms with Crippen LogP contribution in [0.15, 0.2) is 48.8 Å². The van der Waals surface area contributed by atoms with Gasteiger partial charge in [-0.05, 0) is 26.8 Å². The van der Waals surface area contributed by atoms with Gasteiger partial charge in [0.1, 0.15) is 11.3 Å². The predicted molar refractivity (Wildman–Crippen MR) is 112 cm³/mol. The molecule has 9 heteroatoms. The molecule has 4 rings (SSSR count). The van der Waals surface area contributed by atoms with Crippen LogP contribution in [0.2, 0.25) is 0 Å². The summed E-state index contributed by atoms with van der Waals surface area (Å²) >= 11 is 0. The number of hydrogen-bond donors (Lipinski definition) is 1. The van der Waals surface area contributed by atoms with E-state index in [2.05, 4.69) is 20.5 Å². The van der Waals surface area contributed by atoms with Crippen LogP contribution in [0, 0.1) is 6.92 Å². The number of rotatable bonds is 6. The van der Waals surface area contributed by atoms with E-state index in [9.17, 15) is 13.6 Å². The summed E-state index contributed by atoms with van der Waals surface area (Å²) in [5.41, 5.74) is 2.77. The van der Waals surface area contributed by atoms with Gasteiger partial charge in [-0.25, -0.2) is 18.3 Å². The van der Waals surface area contributed by atoms with Crippen LogP contribution in [0.5, 0.6) is 0 Å². The first-order valence-electron chi connectivity index (χ1n) is 9.96. The summed E-state index contributed by atoms with van der Waals surface area (Å²) < 4.78 is 30.3. The predicted octanol–water partition coefficient (Wildman–Crippen LogP) is 4.35. The highest BCUT2D eigenvalue weighted by Gasteiger charge is 2.23. The number of alkyl halides is 2. The molecule has 1 amide bonds. The molecule has 1 aromatic carbocycles. The lowest BCUT2D eigenvalue weighted by Crippen LogP contribution is -2.27.